The van der Waals surface area contributed by atoms with Gasteiger partial charge in [-0.3, -0.25) is 0 Å². The first-order valence-electron chi connectivity index (χ1n) is 14.7. The highest BCUT2D eigenvalue weighted by molar-refractivity contribution is 5.88. The predicted molar refractivity (Wildman–Crippen MR) is 177 cm³/mol. The molecule has 0 N–H and O–H groups in total. The molecule has 1 aliphatic carbocycles. The van der Waals surface area contributed by atoms with Crippen molar-refractivity contribution in [2.45, 2.75) is 19.3 Å². The van der Waals surface area contributed by atoms with Gasteiger partial charge in [-0.05, 0) is 88.0 Å². The van der Waals surface area contributed by atoms with Crippen LogP contribution in [0.4, 0.5) is 17.1 Å². The lowest BCUT2D eigenvalue weighted by atomic mass is 9.82. The summed E-state index contributed by atoms with van der Waals surface area (Å²) in [6.07, 6.45) is 0. The van der Waals surface area contributed by atoms with Crippen molar-refractivity contribution in [2.24, 2.45) is 0 Å². The molecule has 0 saturated heterocycles. The van der Waals surface area contributed by atoms with Crippen LogP contribution >= 0.6 is 0 Å². The molecular weight excluding hydrogens is 524 g/mol. The molecule has 3 nitrogen and oxygen atoms in total. The Bertz CT molecular complexity index is 2090. The van der Waals surface area contributed by atoms with Gasteiger partial charge in [-0.25, -0.2) is 4.98 Å². The molecule has 0 saturated carbocycles. The zero-order valence-corrected chi connectivity index (χ0v) is 24.2. The second-order valence-corrected chi connectivity index (χ2v) is 11.7. The molecule has 7 aromatic rings. The van der Waals surface area contributed by atoms with Crippen molar-refractivity contribution < 1.29 is 4.42 Å². The maximum Gasteiger partial charge on any atom is 0.227 e. The van der Waals surface area contributed by atoms with Crippen LogP contribution in [0.25, 0.3) is 44.8 Å². The summed E-state index contributed by atoms with van der Waals surface area (Å²) >= 11 is 0. The molecular formula is C40H30N2O. The fourth-order valence-electron chi connectivity index (χ4n) is 6.47. The number of rotatable bonds is 5. The van der Waals surface area contributed by atoms with Gasteiger partial charge in [0.1, 0.15) is 5.52 Å². The Kier molecular flexibility index (Phi) is 5.80. The van der Waals surface area contributed by atoms with Crippen LogP contribution in [0.2, 0.25) is 0 Å². The second-order valence-electron chi connectivity index (χ2n) is 11.7. The van der Waals surface area contributed by atoms with Crippen molar-refractivity contribution in [1.29, 1.82) is 0 Å². The molecule has 0 fully saturated rings. The van der Waals surface area contributed by atoms with Gasteiger partial charge < -0.3 is 9.32 Å². The fourth-order valence-corrected chi connectivity index (χ4v) is 6.47. The third-order valence-electron chi connectivity index (χ3n) is 8.71. The van der Waals surface area contributed by atoms with E-state index in [0.29, 0.717) is 5.89 Å². The predicted octanol–water partition coefficient (Wildman–Crippen LogP) is 10.9. The van der Waals surface area contributed by atoms with E-state index in [-0.39, 0.29) is 5.41 Å². The van der Waals surface area contributed by atoms with Crippen LogP contribution in [-0.4, -0.2) is 4.98 Å². The molecule has 6 aromatic carbocycles. The van der Waals surface area contributed by atoms with Crippen molar-refractivity contribution in [3.05, 3.63) is 157 Å². The third-order valence-corrected chi connectivity index (χ3v) is 8.71. The van der Waals surface area contributed by atoms with Gasteiger partial charge in [0, 0.05) is 28.0 Å². The fraction of sp³-hybridized carbons (Fsp3) is 0.0750. The van der Waals surface area contributed by atoms with Crippen LogP contribution in [0.5, 0.6) is 0 Å². The Morgan fingerprint density at radius 1 is 0.512 bits per heavy atom. The number of anilines is 3. The molecule has 3 heteroatoms. The number of oxazole rings is 1. The molecule has 0 radical (unpaired) electrons. The minimum atomic E-state index is -0.0918. The van der Waals surface area contributed by atoms with Gasteiger partial charge in [0.05, 0.1) is 0 Å². The van der Waals surface area contributed by atoms with Gasteiger partial charge in [0.25, 0.3) is 0 Å². The zero-order valence-electron chi connectivity index (χ0n) is 24.2. The van der Waals surface area contributed by atoms with E-state index in [1.807, 2.05) is 36.4 Å². The molecule has 0 amide bonds. The highest BCUT2D eigenvalue weighted by atomic mass is 16.3. The lowest BCUT2D eigenvalue weighted by molar-refractivity contribution is 0.620. The van der Waals surface area contributed by atoms with E-state index in [2.05, 4.69) is 128 Å². The Balaban J connectivity index is 1.27. The maximum absolute atomic E-state index is 6.16. The van der Waals surface area contributed by atoms with Crippen LogP contribution in [-0.2, 0) is 5.41 Å². The van der Waals surface area contributed by atoms with Crippen LogP contribution in [0.15, 0.2) is 150 Å². The average Bonchev–Trinajstić information content (AvgIpc) is 3.59. The van der Waals surface area contributed by atoms with E-state index in [1.54, 1.807) is 0 Å². The quantitative estimate of drug-likeness (QED) is 0.212. The monoisotopic (exact) mass is 554 g/mol. The Morgan fingerprint density at radius 2 is 1.09 bits per heavy atom. The highest BCUT2D eigenvalue weighted by Gasteiger charge is 2.35. The lowest BCUT2D eigenvalue weighted by Gasteiger charge is -2.28. The SMILES string of the molecule is CC1(C)c2ccccc2-c2ccc(N(c3ccc(-c4ccccc4)cc3)c3ccc4oc(-c5ccccc5)nc4c3)cc21. The van der Waals surface area contributed by atoms with Crippen LogP contribution in [0, 0.1) is 0 Å². The van der Waals surface area contributed by atoms with Gasteiger partial charge in [-0.15, -0.1) is 0 Å². The Hall–Kier alpha value is -5.41. The van der Waals surface area contributed by atoms with Gasteiger partial charge in [-0.1, -0.05) is 105 Å². The van der Waals surface area contributed by atoms with Crippen LogP contribution in [0.1, 0.15) is 25.0 Å². The molecule has 1 heterocycles. The first-order chi connectivity index (χ1) is 21.1. The van der Waals surface area contributed by atoms with Crippen molar-refractivity contribution in [2.75, 3.05) is 4.90 Å². The number of fused-ring (bicyclic) bond motifs is 4. The maximum atomic E-state index is 6.16. The number of aromatic nitrogens is 1. The summed E-state index contributed by atoms with van der Waals surface area (Å²) in [7, 11) is 0. The number of hydrogen-bond acceptors (Lipinski definition) is 3. The van der Waals surface area contributed by atoms with E-state index in [0.717, 1.165) is 33.7 Å². The molecule has 8 rings (SSSR count). The summed E-state index contributed by atoms with van der Waals surface area (Å²) in [4.78, 5) is 7.21. The molecule has 0 spiro atoms. The molecule has 206 valence electrons. The van der Waals surface area contributed by atoms with E-state index in [9.17, 15) is 0 Å². The summed E-state index contributed by atoms with van der Waals surface area (Å²) in [5.41, 5.74) is 13.4. The molecule has 43 heavy (non-hydrogen) atoms. The number of benzene rings is 6. The van der Waals surface area contributed by atoms with E-state index in [1.165, 1.54) is 33.4 Å². The molecule has 0 aliphatic heterocycles. The number of hydrogen-bond donors (Lipinski definition) is 0. The summed E-state index contributed by atoms with van der Waals surface area (Å²) < 4.78 is 6.16. The molecule has 1 aromatic heterocycles. The van der Waals surface area contributed by atoms with E-state index in [4.69, 9.17) is 9.40 Å². The van der Waals surface area contributed by atoms with E-state index >= 15 is 0 Å². The van der Waals surface area contributed by atoms with Gasteiger partial charge in [-0.2, -0.15) is 0 Å². The molecule has 0 bridgehead atoms. The van der Waals surface area contributed by atoms with Gasteiger partial charge in [0.15, 0.2) is 5.58 Å². The number of nitrogens with zero attached hydrogens (tertiary/aromatic N) is 2. The first-order valence-corrected chi connectivity index (χ1v) is 14.7. The summed E-state index contributed by atoms with van der Waals surface area (Å²) in [5.74, 6) is 0.628. The van der Waals surface area contributed by atoms with Crippen LogP contribution in [0.3, 0.4) is 0 Å². The van der Waals surface area contributed by atoms with Crippen molar-refractivity contribution in [3.8, 4) is 33.7 Å². The molecule has 0 unspecified atom stereocenters. The standard InChI is InChI=1S/C40H30N2O/c1-40(2)35-16-10-9-15-33(35)34-23-21-31(25-36(34)40)42(30-19-17-28(18-20-30)27-11-5-3-6-12-27)32-22-24-38-37(26-32)41-39(43-38)29-13-7-4-8-14-29/h3-26H,1-2H3. The third kappa shape index (κ3) is 4.24. The largest absolute Gasteiger partial charge is 0.436 e. The van der Waals surface area contributed by atoms with Gasteiger partial charge >= 0.3 is 0 Å². The molecule has 1 aliphatic rings. The van der Waals surface area contributed by atoms with Gasteiger partial charge in [0.2, 0.25) is 5.89 Å². The Labute approximate surface area is 251 Å². The Morgan fingerprint density at radius 3 is 1.86 bits per heavy atom. The topological polar surface area (TPSA) is 29.3 Å². The zero-order chi connectivity index (χ0) is 29.0. The summed E-state index contributed by atoms with van der Waals surface area (Å²) in [5, 5.41) is 0. The highest BCUT2D eigenvalue weighted by Crippen LogP contribution is 2.50. The van der Waals surface area contributed by atoms with E-state index < -0.39 is 0 Å². The summed E-state index contributed by atoms with van der Waals surface area (Å²) in [6.45, 7) is 4.65. The minimum absolute atomic E-state index is 0.0918. The first kappa shape index (κ1) is 25.3. The minimum Gasteiger partial charge on any atom is -0.436 e. The van der Waals surface area contributed by atoms with Crippen molar-refractivity contribution >= 4 is 28.2 Å². The molecule has 0 atom stereocenters. The normalized spacial score (nSPS) is 13.1. The van der Waals surface area contributed by atoms with Crippen molar-refractivity contribution in [1.82, 2.24) is 4.98 Å². The van der Waals surface area contributed by atoms with Crippen LogP contribution < -0.4 is 4.90 Å². The smallest absolute Gasteiger partial charge is 0.227 e. The average molecular weight is 555 g/mol. The lowest BCUT2D eigenvalue weighted by Crippen LogP contribution is -2.16. The summed E-state index contributed by atoms with van der Waals surface area (Å²) in [6, 6.07) is 51.3. The second kappa shape index (κ2) is 9.85. The van der Waals surface area contributed by atoms with Crippen molar-refractivity contribution in [3.63, 3.8) is 0 Å².